The largest absolute Gasteiger partial charge is 0.489 e. The van der Waals surface area contributed by atoms with Crippen molar-refractivity contribution in [2.24, 2.45) is 0 Å². The van der Waals surface area contributed by atoms with Crippen LogP contribution in [-0.2, 0) is 28.3 Å². The Morgan fingerprint density at radius 3 is 2.50 bits per heavy atom. The average molecular weight is 551 g/mol. The van der Waals surface area contributed by atoms with Crippen molar-refractivity contribution in [3.05, 3.63) is 119 Å². The third-order valence-electron chi connectivity index (χ3n) is 7.01. The van der Waals surface area contributed by atoms with Gasteiger partial charge in [-0.2, -0.15) is 8.75 Å². The molecular formula is C31H22N2O6S. The van der Waals surface area contributed by atoms with Crippen molar-refractivity contribution in [3.8, 4) is 17.2 Å². The monoisotopic (exact) mass is 550 g/mol. The van der Waals surface area contributed by atoms with Gasteiger partial charge < -0.3 is 24.1 Å². The summed E-state index contributed by atoms with van der Waals surface area (Å²) in [5, 5.41) is 12.0. The number of esters is 1. The molecule has 40 heavy (non-hydrogen) atoms. The van der Waals surface area contributed by atoms with Crippen LogP contribution in [0.1, 0.15) is 22.3 Å². The highest BCUT2D eigenvalue weighted by Gasteiger charge is 2.48. The molecule has 0 radical (unpaired) electrons. The summed E-state index contributed by atoms with van der Waals surface area (Å²) in [5.41, 5.74) is 5.11. The first-order valence-corrected chi connectivity index (χ1v) is 13.4. The van der Waals surface area contributed by atoms with Crippen LogP contribution in [0.5, 0.6) is 17.2 Å². The predicted octanol–water partition coefficient (Wildman–Crippen LogP) is 5.40. The number of carbonyl (C=O) groups excluding carboxylic acids is 1. The van der Waals surface area contributed by atoms with Gasteiger partial charge in [0, 0.05) is 17.6 Å². The van der Waals surface area contributed by atoms with Crippen LogP contribution >= 0.6 is 11.7 Å². The molecule has 5 aromatic rings. The van der Waals surface area contributed by atoms with E-state index in [0.29, 0.717) is 40.6 Å². The standard InChI is InChI=1S/C31H22N2O6S/c34-30-29(21-7-13-27-28(16-21)38-18-37-27)24(14-20-6-12-25-26(15-20)33-40-32-25)31(35,39-30)22-8-10-23(11-9-22)36-17-19-4-2-1-3-5-19/h1-13,15-16,35H,14,17-18H2. The maximum atomic E-state index is 13.4. The molecule has 0 aliphatic carbocycles. The van der Waals surface area contributed by atoms with E-state index in [1.807, 2.05) is 48.5 Å². The number of ether oxygens (including phenoxy) is 4. The summed E-state index contributed by atoms with van der Waals surface area (Å²) in [4.78, 5) is 13.4. The lowest BCUT2D eigenvalue weighted by atomic mass is 9.88. The first-order chi connectivity index (χ1) is 19.6. The molecule has 0 spiro atoms. The van der Waals surface area contributed by atoms with E-state index in [1.54, 1.807) is 42.5 Å². The molecule has 3 heterocycles. The lowest BCUT2D eigenvalue weighted by Crippen LogP contribution is -2.29. The molecule has 0 saturated heterocycles. The number of carbonyl (C=O) groups is 1. The second-order valence-electron chi connectivity index (χ2n) is 9.52. The van der Waals surface area contributed by atoms with Crippen molar-refractivity contribution in [1.29, 1.82) is 0 Å². The number of nitrogens with zero attached hydrogens (tertiary/aromatic N) is 2. The summed E-state index contributed by atoms with van der Waals surface area (Å²) >= 11 is 1.14. The summed E-state index contributed by atoms with van der Waals surface area (Å²) in [6.45, 7) is 0.520. The van der Waals surface area contributed by atoms with Gasteiger partial charge in [-0.05, 0) is 65.2 Å². The number of rotatable bonds is 7. The fourth-order valence-electron chi connectivity index (χ4n) is 4.98. The highest BCUT2D eigenvalue weighted by atomic mass is 32.1. The van der Waals surface area contributed by atoms with Gasteiger partial charge in [-0.1, -0.05) is 42.5 Å². The Labute approximate surface area is 233 Å². The van der Waals surface area contributed by atoms with Gasteiger partial charge in [-0.25, -0.2) is 4.79 Å². The van der Waals surface area contributed by atoms with Crippen molar-refractivity contribution in [1.82, 2.24) is 8.75 Å². The van der Waals surface area contributed by atoms with Gasteiger partial charge in [0.15, 0.2) is 11.5 Å². The van der Waals surface area contributed by atoms with E-state index in [4.69, 9.17) is 18.9 Å². The van der Waals surface area contributed by atoms with Crippen molar-refractivity contribution >= 4 is 34.3 Å². The van der Waals surface area contributed by atoms with Crippen LogP contribution in [-0.4, -0.2) is 26.6 Å². The highest BCUT2D eigenvalue weighted by Crippen LogP contribution is 2.46. The van der Waals surface area contributed by atoms with Crippen LogP contribution in [0.15, 0.2) is 96.6 Å². The molecule has 0 amide bonds. The van der Waals surface area contributed by atoms with Crippen molar-refractivity contribution in [2.75, 3.05) is 6.79 Å². The van der Waals surface area contributed by atoms with Crippen molar-refractivity contribution in [3.63, 3.8) is 0 Å². The zero-order chi connectivity index (χ0) is 27.1. The minimum atomic E-state index is -1.99. The Balaban J connectivity index is 1.27. The molecule has 8 nitrogen and oxygen atoms in total. The number of hydrogen-bond acceptors (Lipinski definition) is 9. The van der Waals surface area contributed by atoms with E-state index in [0.717, 1.165) is 33.9 Å². The molecule has 198 valence electrons. The summed E-state index contributed by atoms with van der Waals surface area (Å²) in [6.07, 6.45) is 0.242. The first kappa shape index (κ1) is 24.3. The topological polar surface area (TPSA) is 100 Å². The molecule has 4 aromatic carbocycles. The minimum absolute atomic E-state index is 0.111. The average Bonchev–Trinajstić information content (AvgIpc) is 3.70. The Hall–Kier alpha value is -4.73. The molecule has 0 saturated carbocycles. The Morgan fingerprint density at radius 1 is 0.850 bits per heavy atom. The molecular weight excluding hydrogens is 528 g/mol. The molecule has 0 bridgehead atoms. The Morgan fingerprint density at radius 2 is 1.65 bits per heavy atom. The summed E-state index contributed by atoms with van der Waals surface area (Å²) in [6, 6.07) is 27.7. The van der Waals surface area contributed by atoms with Crippen LogP contribution in [0.25, 0.3) is 16.6 Å². The van der Waals surface area contributed by atoms with Crippen LogP contribution in [0, 0.1) is 0 Å². The zero-order valence-electron chi connectivity index (χ0n) is 21.1. The van der Waals surface area contributed by atoms with Gasteiger partial charge in [-0.3, -0.25) is 0 Å². The van der Waals surface area contributed by atoms with Gasteiger partial charge in [0.2, 0.25) is 6.79 Å². The molecule has 1 N–H and O–H groups in total. The highest BCUT2D eigenvalue weighted by molar-refractivity contribution is 7.00. The third kappa shape index (κ3) is 4.35. The smallest absolute Gasteiger partial charge is 0.342 e. The predicted molar refractivity (Wildman–Crippen MR) is 148 cm³/mol. The second kappa shape index (κ2) is 9.78. The van der Waals surface area contributed by atoms with E-state index in [1.165, 1.54) is 0 Å². The molecule has 2 aliphatic heterocycles. The maximum Gasteiger partial charge on any atom is 0.342 e. The van der Waals surface area contributed by atoms with Gasteiger partial charge in [-0.15, -0.1) is 0 Å². The Bertz CT molecular complexity index is 1770. The van der Waals surface area contributed by atoms with Crippen LogP contribution in [0.4, 0.5) is 0 Å². The first-order valence-electron chi connectivity index (χ1n) is 12.6. The SMILES string of the molecule is O=C1OC(O)(c2ccc(OCc3ccccc3)cc2)C(Cc2ccc3nsnc3c2)=C1c1ccc2c(c1)OCO2. The van der Waals surface area contributed by atoms with Crippen LogP contribution < -0.4 is 14.2 Å². The maximum absolute atomic E-state index is 13.4. The number of fused-ring (bicyclic) bond motifs is 2. The molecule has 1 atom stereocenters. The lowest BCUT2D eigenvalue weighted by Gasteiger charge is -2.26. The van der Waals surface area contributed by atoms with E-state index in [2.05, 4.69) is 8.75 Å². The number of aliphatic hydroxyl groups is 1. The van der Waals surface area contributed by atoms with Crippen LogP contribution in [0.2, 0.25) is 0 Å². The molecule has 0 fully saturated rings. The molecule has 1 unspecified atom stereocenters. The lowest BCUT2D eigenvalue weighted by molar-refractivity contribution is -0.185. The van der Waals surface area contributed by atoms with E-state index in [-0.39, 0.29) is 18.8 Å². The minimum Gasteiger partial charge on any atom is -0.489 e. The molecule has 1 aromatic heterocycles. The van der Waals surface area contributed by atoms with E-state index < -0.39 is 11.8 Å². The normalized spacial score (nSPS) is 17.9. The summed E-state index contributed by atoms with van der Waals surface area (Å²) in [7, 11) is 0. The van der Waals surface area contributed by atoms with Gasteiger partial charge in [0.1, 0.15) is 23.4 Å². The number of cyclic esters (lactones) is 1. The molecule has 2 aliphatic rings. The second-order valence-corrected chi connectivity index (χ2v) is 10.0. The van der Waals surface area contributed by atoms with Gasteiger partial charge in [0.05, 0.1) is 17.3 Å². The fourth-order valence-corrected chi connectivity index (χ4v) is 5.50. The number of aromatic nitrogens is 2. The van der Waals surface area contributed by atoms with Gasteiger partial charge >= 0.3 is 5.97 Å². The third-order valence-corrected chi connectivity index (χ3v) is 7.57. The molecule has 7 rings (SSSR count). The van der Waals surface area contributed by atoms with Crippen molar-refractivity contribution in [2.45, 2.75) is 18.8 Å². The van der Waals surface area contributed by atoms with Crippen LogP contribution in [0.3, 0.4) is 0 Å². The Kier molecular flexibility index (Phi) is 5.95. The fraction of sp³-hybridized carbons (Fsp3) is 0.129. The van der Waals surface area contributed by atoms with Gasteiger partial charge in [0.25, 0.3) is 5.79 Å². The summed E-state index contributed by atoms with van der Waals surface area (Å²) < 4.78 is 31.3. The summed E-state index contributed by atoms with van der Waals surface area (Å²) in [5.74, 6) is -0.862. The van der Waals surface area contributed by atoms with E-state index in [9.17, 15) is 9.90 Å². The zero-order valence-corrected chi connectivity index (χ0v) is 21.9. The number of benzene rings is 4. The van der Waals surface area contributed by atoms with Crippen molar-refractivity contribution < 1.29 is 28.8 Å². The molecule has 9 heteroatoms. The van der Waals surface area contributed by atoms with E-state index >= 15 is 0 Å². The quantitative estimate of drug-likeness (QED) is 0.269. The number of hydrogen-bond donors (Lipinski definition) is 1.